The van der Waals surface area contributed by atoms with Crippen LogP contribution in [0.15, 0.2) is 24.3 Å². The van der Waals surface area contributed by atoms with Crippen LogP contribution in [0.4, 0.5) is 9.59 Å². The van der Waals surface area contributed by atoms with E-state index in [4.69, 9.17) is 0 Å². The molecule has 1 aliphatic rings. The minimum Gasteiger partial charge on any atom is -0.465 e. The van der Waals surface area contributed by atoms with Crippen LogP contribution < -0.4 is 0 Å². The van der Waals surface area contributed by atoms with Crippen LogP contribution in [-0.2, 0) is 32.6 Å². The molecule has 0 aliphatic carbocycles. The van der Waals surface area contributed by atoms with Crippen LogP contribution in [0.2, 0.25) is 0 Å². The third-order valence-electron chi connectivity index (χ3n) is 7.04. The first-order valence-electron chi connectivity index (χ1n) is 11.6. The molecular formula is C25H32N4O4. The smallest absolute Gasteiger partial charge is 0.407 e. The summed E-state index contributed by atoms with van der Waals surface area (Å²) >= 11 is 0. The van der Waals surface area contributed by atoms with Crippen LogP contribution >= 0.6 is 0 Å². The molecule has 3 heterocycles. The largest absolute Gasteiger partial charge is 0.465 e. The molecule has 0 spiro atoms. The highest BCUT2D eigenvalue weighted by atomic mass is 16.4. The number of nitrogens with zero attached hydrogens (tertiary/aromatic N) is 4. The van der Waals surface area contributed by atoms with Gasteiger partial charge >= 0.3 is 12.2 Å². The van der Waals surface area contributed by atoms with Gasteiger partial charge < -0.3 is 29.1 Å². The third-order valence-corrected chi connectivity index (χ3v) is 7.04. The lowest BCUT2D eigenvalue weighted by Gasteiger charge is -2.23. The van der Waals surface area contributed by atoms with Crippen molar-refractivity contribution in [3.05, 3.63) is 58.0 Å². The summed E-state index contributed by atoms with van der Waals surface area (Å²) in [5.74, 6) is 0. The lowest BCUT2D eigenvalue weighted by molar-refractivity contribution is 0.141. The Bertz CT molecular complexity index is 1220. The molecule has 2 amide bonds. The molecule has 2 N–H and O–H groups in total. The average Bonchev–Trinajstić information content (AvgIpc) is 3.25. The van der Waals surface area contributed by atoms with Crippen LogP contribution in [0, 0.1) is 6.92 Å². The molecule has 1 aromatic carbocycles. The van der Waals surface area contributed by atoms with Crippen molar-refractivity contribution in [2.24, 2.45) is 0 Å². The van der Waals surface area contributed by atoms with Crippen LogP contribution in [0.1, 0.15) is 54.5 Å². The first-order valence-corrected chi connectivity index (χ1v) is 11.6. The van der Waals surface area contributed by atoms with Gasteiger partial charge in [-0.05, 0) is 50.5 Å². The number of aromatic nitrogens is 2. The molecule has 0 atom stereocenters. The second kappa shape index (κ2) is 8.84. The first kappa shape index (κ1) is 22.8. The second-order valence-electron chi connectivity index (χ2n) is 8.53. The van der Waals surface area contributed by atoms with Gasteiger partial charge in [-0.25, -0.2) is 9.59 Å². The highest BCUT2D eigenvalue weighted by molar-refractivity contribution is 5.86. The number of rotatable bonds is 7. The molecule has 0 fully saturated rings. The van der Waals surface area contributed by atoms with Gasteiger partial charge in [0.05, 0.1) is 19.6 Å². The van der Waals surface area contributed by atoms with Crippen molar-refractivity contribution in [2.75, 3.05) is 13.1 Å². The van der Waals surface area contributed by atoms with Crippen molar-refractivity contribution < 1.29 is 19.8 Å². The van der Waals surface area contributed by atoms with E-state index in [0.29, 0.717) is 26.1 Å². The Balaban J connectivity index is 1.88. The Morgan fingerprint density at radius 2 is 1.55 bits per heavy atom. The molecule has 2 aromatic heterocycles. The molecule has 1 aliphatic heterocycles. The van der Waals surface area contributed by atoms with Gasteiger partial charge in [0.15, 0.2) is 0 Å². The summed E-state index contributed by atoms with van der Waals surface area (Å²) in [6.07, 6.45) is -1.23. The van der Waals surface area contributed by atoms with Crippen LogP contribution in [-0.4, -0.2) is 54.4 Å². The van der Waals surface area contributed by atoms with Gasteiger partial charge in [0.25, 0.3) is 0 Å². The summed E-state index contributed by atoms with van der Waals surface area (Å²) < 4.78 is 4.63. The minimum absolute atomic E-state index is 0.253. The second-order valence-corrected chi connectivity index (χ2v) is 8.53. The maximum Gasteiger partial charge on any atom is 0.407 e. The highest BCUT2D eigenvalue weighted by Crippen LogP contribution is 2.37. The Labute approximate surface area is 193 Å². The van der Waals surface area contributed by atoms with E-state index in [-0.39, 0.29) is 13.1 Å². The summed E-state index contributed by atoms with van der Waals surface area (Å²) in [5, 5.41) is 20.6. The van der Waals surface area contributed by atoms with Gasteiger partial charge in [-0.3, -0.25) is 0 Å². The topological polar surface area (TPSA) is 90.9 Å². The number of aryl methyl sites for hydroxylation is 1. The maximum absolute atomic E-state index is 11.8. The number of para-hydroxylation sites is 1. The Morgan fingerprint density at radius 1 is 0.939 bits per heavy atom. The van der Waals surface area contributed by atoms with Gasteiger partial charge in [0, 0.05) is 54.0 Å². The molecule has 0 unspecified atom stereocenters. The van der Waals surface area contributed by atoms with E-state index < -0.39 is 12.2 Å². The number of hydrogen-bond donors (Lipinski definition) is 2. The third kappa shape index (κ3) is 3.73. The number of fused-ring (bicyclic) bond motifs is 4. The summed E-state index contributed by atoms with van der Waals surface area (Å²) in [7, 11) is 0. The zero-order valence-electron chi connectivity index (χ0n) is 19.8. The van der Waals surface area contributed by atoms with Gasteiger partial charge in [-0.1, -0.05) is 18.2 Å². The van der Waals surface area contributed by atoms with Crippen LogP contribution in [0.5, 0.6) is 0 Å². The number of hydrogen-bond acceptors (Lipinski definition) is 2. The predicted octanol–water partition coefficient (Wildman–Crippen LogP) is 4.72. The average molecular weight is 453 g/mol. The molecule has 8 heteroatoms. The lowest BCUT2D eigenvalue weighted by Crippen LogP contribution is -2.31. The summed E-state index contributed by atoms with van der Waals surface area (Å²) in [6, 6.07) is 8.43. The fourth-order valence-electron chi connectivity index (χ4n) is 5.23. The highest BCUT2D eigenvalue weighted by Gasteiger charge is 2.31. The van der Waals surface area contributed by atoms with E-state index in [2.05, 4.69) is 40.3 Å². The van der Waals surface area contributed by atoms with Crippen molar-refractivity contribution in [1.29, 1.82) is 0 Å². The van der Waals surface area contributed by atoms with E-state index >= 15 is 0 Å². The molecule has 8 nitrogen and oxygen atoms in total. The van der Waals surface area contributed by atoms with E-state index in [1.54, 1.807) is 0 Å². The molecule has 4 rings (SSSR count). The van der Waals surface area contributed by atoms with E-state index in [1.807, 2.05) is 20.8 Å². The molecular weight excluding hydrogens is 420 g/mol. The van der Waals surface area contributed by atoms with Crippen molar-refractivity contribution in [2.45, 2.75) is 60.3 Å². The lowest BCUT2D eigenvalue weighted by atomic mass is 9.98. The maximum atomic E-state index is 11.8. The number of benzene rings is 1. The fourth-order valence-corrected chi connectivity index (χ4v) is 5.23. The summed E-state index contributed by atoms with van der Waals surface area (Å²) in [5.41, 5.74) is 7.75. The van der Waals surface area contributed by atoms with Crippen LogP contribution in [0.25, 0.3) is 10.9 Å². The molecule has 176 valence electrons. The standard InChI is InChI=1S/C25H32N4O4/c1-5-26(24(30)31)13-19-16(4)29-15-23-18(17-10-8-9-11-21(17)28(23)7-3)12-22(29)20(19)14-27(6-2)25(32)33/h8-11H,5-7,12-15H2,1-4H3,(H,30,31)(H,32,33). The van der Waals surface area contributed by atoms with Crippen molar-refractivity contribution >= 4 is 23.1 Å². The molecule has 0 saturated carbocycles. The van der Waals surface area contributed by atoms with Gasteiger partial charge in [0.1, 0.15) is 0 Å². The zero-order chi connectivity index (χ0) is 23.9. The van der Waals surface area contributed by atoms with Crippen molar-refractivity contribution in [1.82, 2.24) is 18.9 Å². The molecule has 33 heavy (non-hydrogen) atoms. The van der Waals surface area contributed by atoms with E-state index in [9.17, 15) is 19.8 Å². The number of carbonyl (C=O) groups is 2. The fraction of sp³-hybridized carbons (Fsp3) is 0.440. The normalized spacial score (nSPS) is 12.5. The zero-order valence-corrected chi connectivity index (χ0v) is 19.8. The van der Waals surface area contributed by atoms with E-state index in [1.165, 1.54) is 32.0 Å². The van der Waals surface area contributed by atoms with Gasteiger partial charge in [-0.2, -0.15) is 0 Å². The SMILES string of the molecule is CCN(Cc1c(CN(CC)C(=O)O)c2n(c1C)Cc1c(c3ccccc3n1CC)C2)C(=O)O. The van der Waals surface area contributed by atoms with Gasteiger partial charge in [-0.15, -0.1) is 0 Å². The molecule has 0 saturated heterocycles. The first-order chi connectivity index (χ1) is 15.8. The Morgan fingerprint density at radius 3 is 2.12 bits per heavy atom. The van der Waals surface area contributed by atoms with Crippen molar-refractivity contribution in [3.63, 3.8) is 0 Å². The molecule has 3 aromatic rings. The van der Waals surface area contributed by atoms with Gasteiger partial charge in [0.2, 0.25) is 0 Å². The monoisotopic (exact) mass is 452 g/mol. The molecule has 0 radical (unpaired) electrons. The van der Waals surface area contributed by atoms with Crippen molar-refractivity contribution in [3.8, 4) is 0 Å². The molecule has 0 bridgehead atoms. The number of carboxylic acid groups (broad SMARTS) is 2. The van der Waals surface area contributed by atoms with Crippen LogP contribution in [0.3, 0.4) is 0 Å². The predicted molar refractivity (Wildman–Crippen MR) is 127 cm³/mol. The quantitative estimate of drug-likeness (QED) is 0.424. The minimum atomic E-state index is -0.968. The van der Waals surface area contributed by atoms with E-state index in [0.717, 1.165) is 29.1 Å². The number of amides is 2. The summed E-state index contributed by atoms with van der Waals surface area (Å²) in [6.45, 7) is 10.6. The Kier molecular flexibility index (Phi) is 6.10. The summed E-state index contributed by atoms with van der Waals surface area (Å²) in [4.78, 5) is 26.4. The Hall–Kier alpha value is -3.42.